The first-order valence-electron chi connectivity index (χ1n) is 9.26. The third-order valence-electron chi connectivity index (χ3n) is 4.96. The van der Waals surface area contributed by atoms with Crippen LogP contribution < -0.4 is 0 Å². The maximum absolute atomic E-state index is 13.9. The number of hydrogen-bond donors (Lipinski definition) is 0. The van der Waals surface area contributed by atoms with Gasteiger partial charge in [0.05, 0.1) is 6.20 Å². The van der Waals surface area contributed by atoms with Crippen molar-refractivity contribution in [2.75, 3.05) is 6.54 Å². The van der Waals surface area contributed by atoms with Crippen molar-refractivity contribution in [2.45, 2.75) is 31.7 Å². The Morgan fingerprint density at radius 1 is 1.11 bits per heavy atom. The van der Waals surface area contributed by atoms with Crippen LogP contribution in [-0.2, 0) is 6.42 Å². The minimum absolute atomic E-state index is 0.00541. The third kappa shape index (κ3) is 3.77. The van der Waals surface area contributed by atoms with Crippen LogP contribution in [0.4, 0.5) is 4.39 Å². The van der Waals surface area contributed by atoms with Crippen LogP contribution >= 0.6 is 0 Å². The minimum atomic E-state index is -0.256. The Bertz CT molecular complexity index is 923. The minimum Gasteiger partial charge on any atom is -0.443 e. The van der Waals surface area contributed by atoms with Gasteiger partial charge in [-0.2, -0.15) is 0 Å². The molecule has 1 aliphatic rings. The summed E-state index contributed by atoms with van der Waals surface area (Å²) < 4.78 is 19.8. The van der Waals surface area contributed by atoms with E-state index in [0.717, 1.165) is 19.3 Å². The molecule has 1 saturated heterocycles. The molecule has 1 atom stereocenters. The molecule has 1 aromatic heterocycles. The van der Waals surface area contributed by atoms with Gasteiger partial charge in [-0.1, -0.05) is 36.4 Å². The summed E-state index contributed by atoms with van der Waals surface area (Å²) in [5, 5.41) is 0. The molecule has 4 nitrogen and oxygen atoms in total. The smallest absolute Gasteiger partial charge is 0.254 e. The van der Waals surface area contributed by atoms with Crippen molar-refractivity contribution in [3.8, 4) is 0 Å². The molecule has 5 heteroatoms. The first-order valence-corrected chi connectivity index (χ1v) is 9.26. The lowest BCUT2D eigenvalue weighted by Gasteiger charge is -2.33. The SMILES string of the molecule is O=C(c1ccccc1)N1CCCCC1c1ncc(Cc2ccccc2F)o1. The predicted molar refractivity (Wildman–Crippen MR) is 99.8 cm³/mol. The van der Waals surface area contributed by atoms with Gasteiger partial charge < -0.3 is 9.32 Å². The zero-order valence-corrected chi connectivity index (χ0v) is 15.0. The molecule has 1 fully saturated rings. The molecule has 27 heavy (non-hydrogen) atoms. The molecule has 4 rings (SSSR count). The summed E-state index contributed by atoms with van der Waals surface area (Å²) in [7, 11) is 0. The van der Waals surface area contributed by atoms with E-state index in [4.69, 9.17) is 4.42 Å². The average Bonchev–Trinajstić information content (AvgIpc) is 3.18. The Morgan fingerprint density at radius 3 is 2.70 bits per heavy atom. The molecular weight excluding hydrogens is 343 g/mol. The zero-order chi connectivity index (χ0) is 18.6. The van der Waals surface area contributed by atoms with Crippen LogP contribution in [0.3, 0.4) is 0 Å². The molecule has 138 valence electrons. The fraction of sp³-hybridized carbons (Fsp3) is 0.273. The van der Waals surface area contributed by atoms with E-state index in [1.807, 2.05) is 35.2 Å². The number of oxazole rings is 1. The highest BCUT2D eigenvalue weighted by Crippen LogP contribution is 2.32. The number of benzene rings is 2. The predicted octanol–water partition coefficient (Wildman–Crippen LogP) is 4.77. The van der Waals surface area contributed by atoms with Crippen LogP contribution in [-0.4, -0.2) is 22.3 Å². The van der Waals surface area contributed by atoms with Crippen LogP contribution in [0.1, 0.15) is 52.9 Å². The van der Waals surface area contributed by atoms with Gasteiger partial charge in [0, 0.05) is 18.5 Å². The van der Waals surface area contributed by atoms with Gasteiger partial charge >= 0.3 is 0 Å². The van der Waals surface area contributed by atoms with E-state index in [0.29, 0.717) is 35.7 Å². The highest BCUT2D eigenvalue weighted by atomic mass is 19.1. The lowest BCUT2D eigenvalue weighted by molar-refractivity contribution is 0.0570. The lowest BCUT2D eigenvalue weighted by Crippen LogP contribution is -2.38. The molecule has 0 bridgehead atoms. The quantitative estimate of drug-likeness (QED) is 0.670. The highest BCUT2D eigenvalue weighted by molar-refractivity contribution is 5.94. The molecule has 0 radical (unpaired) electrons. The Labute approximate surface area is 157 Å². The molecule has 0 aliphatic carbocycles. The Morgan fingerprint density at radius 2 is 1.89 bits per heavy atom. The molecule has 2 heterocycles. The van der Waals surface area contributed by atoms with Gasteiger partial charge in [-0.25, -0.2) is 9.37 Å². The number of piperidine rings is 1. The van der Waals surface area contributed by atoms with E-state index in [-0.39, 0.29) is 17.8 Å². The molecule has 0 saturated carbocycles. The van der Waals surface area contributed by atoms with Gasteiger partial charge in [0.2, 0.25) is 5.89 Å². The maximum atomic E-state index is 13.9. The number of carbonyl (C=O) groups is 1. The lowest BCUT2D eigenvalue weighted by atomic mass is 10.0. The Hall–Kier alpha value is -2.95. The largest absolute Gasteiger partial charge is 0.443 e. The van der Waals surface area contributed by atoms with E-state index >= 15 is 0 Å². The summed E-state index contributed by atoms with van der Waals surface area (Å²) in [4.78, 5) is 19.2. The van der Waals surface area contributed by atoms with E-state index in [1.54, 1.807) is 24.4 Å². The fourth-order valence-electron chi connectivity index (χ4n) is 3.57. The zero-order valence-electron chi connectivity index (χ0n) is 15.0. The van der Waals surface area contributed by atoms with E-state index in [1.165, 1.54) is 6.07 Å². The monoisotopic (exact) mass is 364 g/mol. The van der Waals surface area contributed by atoms with Crippen molar-refractivity contribution in [1.29, 1.82) is 0 Å². The molecule has 1 aliphatic heterocycles. The van der Waals surface area contributed by atoms with Gasteiger partial charge in [0.15, 0.2) is 0 Å². The van der Waals surface area contributed by atoms with Gasteiger partial charge in [-0.05, 0) is 43.0 Å². The van der Waals surface area contributed by atoms with Crippen molar-refractivity contribution in [2.24, 2.45) is 0 Å². The van der Waals surface area contributed by atoms with Crippen LogP contribution in [0.5, 0.6) is 0 Å². The molecule has 0 N–H and O–H groups in total. The molecular formula is C22H21FN2O2. The number of carbonyl (C=O) groups excluding carboxylic acids is 1. The summed E-state index contributed by atoms with van der Waals surface area (Å²) in [5.41, 5.74) is 1.24. The number of nitrogens with zero attached hydrogens (tertiary/aromatic N) is 2. The molecule has 3 aromatic rings. The molecule has 1 amide bonds. The molecule has 0 spiro atoms. The summed E-state index contributed by atoms with van der Waals surface area (Å²) in [6.07, 6.45) is 4.80. The summed E-state index contributed by atoms with van der Waals surface area (Å²) in [5.74, 6) is 0.876. The Balaban J connectivity index is 1.55. The van der Waals surface area contributed by atoms with Crippen LogP contribution in [0, 0.1) is 5.82 Å². The second kappa shape index (κ2) is 7.74. The highest BCUT2D eigenvalue weighted by Gasteiger charge is 2.31. The Kier molecular flexibility index (Phi) is 5.01. The maximum Gasteiger partial charge on any atom is 0.254 e. The number of amides is 1. The van der Waals surface area contributed by atoms with E-state index in [9.17, 15) is 9.18 Å². The summed E-state index contributed by atoms with van der Waals surface area (Å²) in [6.45, 7) is 0.684. The number of likely N-dealkylation sites (tertiary alicyclic amines) is 1. The van der Waals surface area contributed by atoms with Crippen molar-refractivity contribution in [1.82, 2.24) is 9.88 Å². The normalized spacial score (nSPS) is 17.1. The van der Waals surface area contributed by atoms with Gasteiger partial charge in [-0.3, -0.25) is 4.79 Å². The van der Waals surface area contributed by atoms with Crippen molar-refractivity contribution in [3.05, 3.63) is 89.4 Å². The topological polar surface area (TPSA) is 46.3 Å². The third-order valence-corrected chi connectivity index (χ3v) is 4.96. The van der Waals surface area contributed by atoms with Crippen LogP contribution in [0.25, 0.3) is 0 Å². The summed E-state index contributed by atoms with van der Waals surface area (Å²) >= 11 is 0. The van der Waals surface area contributed by atoms with E-state index in [2.05, 4.69) is 4.98 Å². The van der Waals surface area contributed by atoms with E-state index < -0.39 is 0 Å². The number of rotatable bonds is 4. The van der Waals surface area contributed by atoms with Crippen molar-refractivity contribution >= 4 is 5.91 Å². The number of aromatic nitrogens is 1. The van der Waals surface area contributed by atoms with Crippen molar-refractivity contribution < 1.29 is 13.6 Å². The second-order valence-electron chi connectivity index (χ2n) is 6.81. The average molecular weight is 364 g/mol. The van der Waals surface area contributed by atoms with Crippen molar-refractivity contribution in [3.63, 3.8) is 0 Å². The fourth-order valence-corrected chi connectivity index (χ4v) is 3.57. The molecule has 2 aromatic carbocycles. The second-order valence-corrected chi connectivity index (χ2v) is 6.81. The first kappa shape index (κ1) is 17.5. The van der Waals surface area contributed by atoms with Gasteiger partial charge in [0.1, 0.15) is 17.6 Å². The van der Waals surface area contributed by atoms with Gasteiger partial charge in [-0.15, -0.1) is 0 Å². The number of hydrogen-bond acceptors (Lipinski definition) is 3. The number of halogens is 1. The van der Waals surface area contributed by atoms with Gasteiger partial charge in [0.25, 0.3) is 5.91 Å². The standard InChI is InChI=1S/C22H21FN2O2/c23-19-11-5-4-10-17(19)14-18-15-24-21(27-18)20-12-6-7-13-25(20)22(26)16-8-2-1-3-9-16/h1-5,8-11,15,20H,6-7,12-14H2. The van der Waals surface area contributed by atoms with Crippen LogP contribution in [0.2, 0.25) is 0 Å². The summed E-state index contributed by atoms with van der Waals surface area (Å²) in [6, 6.07) is 15.7. The first-order chi connectivity index (χ1) is 13.2. The van der Waals surface area contributed by atoms with Crippen LogP contribution in [0.15, 0.2) is 65.2 Å². The molecule has 1 unspecified atom stereocenters.